The molecule has 0 atom stereocenters. The van der Waals surface area contributed by atoms with Gasteiger partial charge < -0.3 is 35.1 Å². The Labute approximate surface area is 259 Å². The highest BCUT2D eigenvalue weighted by Gasteiger charge is 2.54. The highest BCUT2D eigenvalue weighted by molar-refractivity contribution is 6.02. The van der Waals surface area contributed by atoms with Crippen LogP contribution in [0.3, 0.4) is 0 Å². The van der Waals surface area contributed by atoms with E-state index in [0.29, 0.717) is 40.7 Å². The Morgan fingerprint density at radius 1 is 0.889 bits per heavy atom. The van der Waals surface area contributed by atoms with Crippen LogP contribution in [-0.2, 0) is 21.6 Å². The number of esters is 1. The van der Waals surface area contributed by atoms with Gasteiger partial charge in [0.2, 0.25) is 5.91 Å². The largest absolute Gasteiger partial charge is 0.508 e. The zero-order valence-electron chi connectivity index (χ0n) is 25.0. The first-order valence-corrected chi connectivity index (χ1v) is 14.7. The van der Waals surface area contributed by atoms with Crippen LogP contribution in [0, 0.1) is 5.92 Å². The van der Waals surface area contributed by atoms with Crippen molar-refractivity contribution in [1.29, 1.82) is 0 Å². The summed E-state index contributed by atoms with van der Waals surface area (Å²) < 4.78 is 18.0. The Morgan fingerprint density at radius 3 is 2.22 bits per heavy atom. The zero-order valence-corrected chi connectivity index (χ0v) is 25.0. The number of benzene rings is 4. The van der Waals surface area contributed by atoms with Crippen molar-refractivity contribution in [3.63, 3.8) is 0 Å². The maximum Gasteiger partial charge on any atom is 0.340 e. The Balaban J connectivity index is 1.27. The van der Waals surface area contributed by atoms with Gasteiger partial charge in [0.15, 0.2) is 5.60 Å². The summed E-state index contributed by atoms with van der Waals surface area (Å²) in [4.78, 5) is 39.4. The molecule has 2 heterocycles. The minimum Gasteiger partial charge on any atom is -0.508 e. The number of carbonyl (C=O) groups excluding carboxylic acids is 3. The van der Waals surface area contributed by atoms with Crippen molar-refractivity contribution < 1.29 is 38.8 Å². The molecular weight excluding hydrogens is 576 g/mol. The van der Waals surface area contributed by atoms with Crippen LogP contribution in [0.1, 0.15) is 63.7 Å². The number of carbonyl (C=O) groups is 3. The molecule has 0 saturated carbocycles. The predicted molar refractivity (Wildman–Crippen MR) is 165 cm³/mol. The third-order valence-electron chi connectivity index (χ3n) is 7.75. The molecule has 0 bridgehead atoms. The van der Waals surface area contributed by atoms with E-state index in [1.165, 1.54) is 36.4 Å². The van der Waals surface area contributed by atoms with Crippen molar-refractivity contribution in [3.05, 3.63) is 106 Å². The molecule has 10 heteroatoms. The number of nitrogens with one attached hydrogen (secondary N) is 2. The average molecular weight is 609 g/mol. The van der Waals surface area contributed by atoms with Crippen molar-refractivity contribution >= 4 is 23.5 Å². The van der Waals surface area contributed by atoms with Crippen LogP contribution in [0.5, 0.6) is 28.7 Å². The highest BCUT2D eigenvalue weighted by Crippen LogP contribution is 2.57. The number of fused-ring (bicyclic) bond motifs is 6. The number of ether oxygens (including phenoxy) is 3. The van der Waals surface area contributed by atoms with Gasteiger partial charge >= 0.3 is 5.97 Å². The highest BCUT2D eigenvalue weighted by atomic mass is 16.6. The Kier molecular flexibility index (Phi) is 7.57. The average Bonchev–Trinajstić information content (AvgIpc) is 3.30. The van der Waals surface area contributed by atoms with Crippen LogP contribution in [0.15, 0.2) is 72.8 Å². The van der Waals surface area contributed by atoms with Gasteiger partial charge in [-0.3, -0.25) is 9.59 Å². The molecule has 4 aromatic carbocycles. The molecule has 230 valence electrons. The molecule has 4 N–H and O–H groups in total. The van der Waals surface area contributed by atoms with Crippen LogP contribution >= 0.6 is 0 Å². The first-order valence-electron chi connectivity index (χ1n) is 14.7. The lowest BCUT2D eigenvalue weighted by Gasteiger charge is -2.36. The number of rotatable bonds is 8. The third kappa shape index (κ3) is 5.39. The van der Waals surface area contributed by atoms with Crippen molar-refractivity contribution in [3.8, 4) is 28.7 Å². The summed E-state index contributed by atoms with van der Waals surface area (Å²) in [6.45, 7) is 6.29. The van der Waals surface area contributed by atoms with Crippen LogP contribution in [-0.4, -0.2) is 41.1 Å². The van der Waals surface area contributed by atoms with Gasteiger partial charge in [0.1, 0.15) is 28.7 Å². The summed E-state index contributed by atoms with van der Waals surface area (Å²) in [5.41, 5.74) is 1.76. The molecule has 0 aliphatic carbocycles. The van der Waals surface area contributed by atoms with Crippen molar-refractivity contribution in [2.75, 3.05) is 18.5 Å². The Hall–Kier alpha value is -5.51. The van der Waals surface area contributed by atoms with Crippen LogP contribution in [0.4, 0.5) is 5.69 Å². The van der Waals surface area contributed by atoms with Crippen LogP contribution < -0.4 is 20.1 Å². The molecule has 0 aromatic heterocycles. The van der Waals surface area contributed by atoms with Gasteiger partial charge in [0, 0.05) is 34.4 Å². The monoisotopic (exact) mass is 608 g/mol. The number of aromatic hydroxyl groups is 2. The minimum atomic E-state index is -1.51. The lowest BCUT2D eigenvalue weighted by molar-refractivity contribution is -0.115. The van der Waals surface area contributed by atoms with E-state index < -0.39 is 23.4 Å². The third-order valence-corrected chi connectivity index (χ3v) is 7.75. The number of hydrogen-bond acceptors (Lipinski definition) is 8. The standard InChI is InChI=1S/C35H32N2O8/c1-4-20-5-12-28(31(13-20)43-18-19(2)3)37-32(40)17-36-33(41)21-6-9-24-27(14-21)35(45-34(24)42)25-10-7-22(38)15-29(25)44-30-16-23(39)8-11-26(30)35/h5-16,19,38-39H,4,17-18H2,1-3H3,(H,36,41)(H,37,40). The molecule has 4 aromatic rings. The number of phenolic OH excluding ortho intramolecular Hbond substituents is 2. The van der Waals surface area contributed by atoms with E-state index in [1.807, 2.05) is 32.9 Å². The van der Waals surface area contributed by atoms with Crippen LogP contribution in [0.25, 0.3) is 0 Å². The molecule has 2 amide bonds. The fourth-order valence-electron chi connectivity index (χ4n) is 5.56. The molecule has 0 radical (unpaired) electrons. The van der Waals surface area contributed by atoms with Gasteiger partial charge in [-0.1, -0.05) is 26.8 Å². The summed E-state index contributed by atoms with van der Waals surface area (Å²) in [7, 11) is 0. The second-order valence-corrected chi connectivity index (χ2v) is 11.4. The maximum atomic E-state index is 13.3. The number of anilines is 1. The fraction of sp³-hybridized carbons (Fsp3) is 0.229. The number of phenols is 2. The second kappa shape index (κ2) is 11.5. The number of aryl methyl sites for hydroxylation is 1. The van der Waals surface area contributed by atoms with Gasteiger partial charge in [-0.15, -0.1) is 0 Å². The molecule has 45 heavy (non-hydrogen) atoms. The minimum absolute atomic E-state index is 0.0663. The van der Waals surface area contributed by atoms with E-state index in [9.17, 15) is 24.6 Å². The predicted octanol–water partition coefficient (Wildman–Crippen LogP) is 5.63. The molecule has 6 rings (SSSR count). The van der Waals surface area contributed by atoms with Crippen molar-refractivity contribution in [1.82, 2.24) is 5.32 Å². The lowest BCUT2D eigenvalue weighted by atomic mass is 9.77. The first-order chi connectivity index (χ1) is 21.6. The van der Waals surface area contributed by atoms with E-state index in [4.69, 9.17) is 14.2 Å². The molecular formula is C35H32N2O8. The molecule has 0 fully saturated rings. The van der Waals surface area contributed by atoms with E-state index in [0.717, 1.165) is 12.0 Å². The smallest absolute Gasteiger partial charge is 0.340 e. The maximum absolute atomic E-state index is 13.3. The van der Waals surface area contributed by atoms with Gasteiger partial charge in [-0.2, -0.15) is 0 Å². The van der Waals surface area contributed by atoms with E-state index >= 15 is 0 Å². The van der Waals surface area contributed by atoms with Gasteiger partial charge in [-0.25, -0.2) is 4.79 Å². The molecule has 0 saturated heterocycles. The van der Waals surface area contributed by atoms with Gasteiger partial charge in [0.25, 0.3) is 5.91 Å². The van der Waals surface area contributed by atoms with Gasteiger partial charge in [-0.05, 0) is 72.5 Å². The van der Waals surface area contributed by atoms with E-state index in [2.05, 4.69) is 10.6 Å². The van der Waals surface area contributed by atoms with Gasteiger partial charge in [0.05, 0.1) is 24.4 Å². The molecule has 2 aliphatic rings. The zero-order chi connectivity index (χ0) is 31.9. The van der Waals surface area contributed by atoms with E-state index in [-0.39, 0.29) is 40.7 Å². The lowest BCUT2D eigenvalue weighted by Crippen LogP contribution is -2.34. The quantitative estimate of drug-likeness (QED) is 0.189. The molecule has 0 unspecified atom stereocenters. The number of hydrogen-bond donors (Lipinski definition) is 4. The summed E-state index contributed by atoms with van der Waals surface area (Å²) >= 11 is 0. The summed E-state index contributed by atoms with van der Waals surface area (Å²) in [5.74, 6) is -0.405. The fourth-order valence-corrected chi connectivity index (χ4v) is 5.56. The number of amides is 2. The second-order valence-electron chi connectivity index (χ2n) is 11.4. The first kappa shape index (κ1) is 29.6. The van der Waals surface area contributed by atoms with E-state index in [1.54, 1.807) is 24.3 Å². The summed E-state index contributed by atoms with van der Waals surface area (Å²) in [5, 5.41) is 25.8. The molecule has 2 aliphatic heterocycles. The SMILES string of the molecule is CCc1ccc(NC(=O)CNC(=O)c2ccc3c(c2)C2(OC3=O)c3ccc(O)cc3Oc3cc(O)ccc32)c(OCC(C)C)c1. The van der Waals surface area contributed by atoms with Crippen LogP contribution in [0.2, 0.25) is 0 Å². The summed E-state index contributed by atoms with van der Waals surface area (Å²) in [6, 6.07) is 19.0. The van der Waals surface area contributed by atoms with Crippen molar-refractivity contribution in [2.45, 2.75) is 32.8 Å². The summed E-state index contributed by atoms with van der Waals surface area (Å²) in [6.07, 6.45) is 0.816. The Bertz CT molecular complexity index is 1800. The van der Waals surface area contributed by atoms with Crippen molar-refractivity contribution in [2.24, 2.45) is 5.92 Å². The topological polar surface area (TPSA) is 143 Å². The molecule has 1 spiro atoms. The Morgan fingerprint density at radius 2 is 1.58 bits per heavy atom. The molecule has 10 nitrogen and oxygen atoms in total. The normalized spacial score (nSPS) is 13.7.